The fourth-order valence-electron chi connectivity index (χ4n) is 1.30. The lowest BCUT2D eigenvalue weighted by molar-refractivity contribution is 0.181. The number of rotatable bonds is 3. The highest BCUT2D eigenvalue weighted by Gasteiger charge is 2.08. The number of halogens is 1. The molecule has 1 N–H and O–H groups in total. The summed E-state index contributed by atoms with van der Waals surface area (Å²) in [7, 11) is 0. The predicted molar refractivity (Wildman–Crippen MR) is 50.9 cm³/mol. The van der Waals surface area contributed by atoms with Crippen LogP contribution in [-0.4, -0.2) is 5.11 Å². The van der Waals surface area contributed by atoms with Crippen molar-refractivity contribution in [3.63, 3.8) is 0 Å². The first kappa shape index (κ1) is 9.93. The zero-order valence-corrected chi connectivity index (χ0v) is 7.63. The molecule has 0 fully saturated rings. The molecular formula is C11H13FO. The Bertz CT molecular complexity index is 307. The van der Waals surface area contributed by atoms with E-state index >= 15 is 0 Å². The Hall–Kier alpha value is -1.15. The maximum absolute atomic E-state index is 12.7. The van der Waals surface area contributed by atoms with Crippen LogP contribution in [0.1, 0.15) is 23.7 Å². The molecule has 1 nitrogen and oxygen atoms in total. The van der Waals surface area contributed by atoms with E-state index in [9.17, 15) is 9.50 Å². The van der Waals surface area contributed by atoms with Gasteiger partial charge < -0.3 is 5.11 Å². The zero-order valence-electron chi connectivity index (χ0n) is 7.63. The average Bonchev–Trinajstić information content (AvgIpc) is 2.04. The second-order valence-corrected chi connectivity index (χ2v) is 3.04. The highest BCUT2D eigenvalue weighted by atomic mass is 19.1. The molecule has 0 aliphatic carbocycles. The smallest absolute Gasteiger partial charge is 0.123 e. The molecule has 0 aromatic heterocycles. The van der Waals surface area contributed by atoms with Crippen LogP contribution in [0.2, 0.25) is 0 Å². The Kier molecular flexibility index (Phi) is 3.20. The molecule has 0 aliphatic rings. The maximum Gasteiger partial charge on any atom is 0.123 e. The molecule has 0 unspecified atom stereocenters. The summed E-state index contributed by atoms with van der Waals surface area (Å²) in [6, 6.07) is 4.38. The third kappa shape index (κ3) is 2.39. The highest BCUT2D eigenvalue weighted by molar-refractivity contribution is 5.28. The van der Waals surface area contributed by atoms with Gasteiger partial charge in [-0.1, -0.05) is 12.1 Å². The van der Waals surface area contributed by atoms with Gasteiger partial charge in [0.15, 0.2) is 0 Å². The van der Waals surface area contributed by atoms with Crippen molar-refractivity contribution in [2.75, 3.05) is 0 Å². The summed E-state index contributed by atoms with van der Waals surface area (Å²) in [5, 5.41) is 9.60. The Morgan fingerprint density at radius 3 is 2.85 bits per heavy atom. The number of aryl methyl sites for hydroxylation is 1. The van der Waals surface area contributed by atoms with E-state index < -0.39 is 6.10 Å². The van der Waals surface area contributed by atoms with Crippen molar-refractivity contribution in [3.8, 4) is 0 Å². The summed E-state index contributed by atoms with van der Waals surface area (Å²) in [5.41, 5.74) is 1.54. The van der Waals surface area contributed by atoms with Crippen LogP contribution in [0, 0.1) is 12.7 Å². The largest absolute Gasteiger partial charge is 0.388 e. The minimum atomic E-state index is -0.571. The van der Waals surface area contributed by atoms with Gasteiger partial charge in [-0.15, -0.1) is 6.58 Å². The second-order valence-electron chi connectivity index (χ2n) is 3.04. The van der Waals surface area contributed by atoms with Crippen LogP contribution in [0.3, 0.4) is 0 Å². The van der Waals surface area contributed by atoms with Gasteiger partial charge in [-0.25, -0.2) is 4.39 Å². The minimum Gasteiger partial charge on any atom is -0.388 e. The topological polar surface area (TPSA) is 20.2 Å². The summed E-state index contributed by atoms with van der Waals surface area (Å²) in [6.07, 6.45) is 1.57. The van der Waals surface area contributed by atoms with Crippen LogP contribution in [0.25, 0.3) is 0 Å². The molecule has 0 spiro atoms. The molecule has 70 valence electrons. The van der Waals surface area contributed by atoms with Crippen LogP contribution < -0.4 is 0 Å². The molecule has 0 heterocycles. The number of hydrogen-bond donors (Lipinski definition) is 1. The fraction of sp³-hybridized carbons (Fsp3) is 0.273. The quantitative estimate of drug-likeness (QED) is 0.709. The van der Waals surface area contributed by atoms with E-state index in [1.54, 1.807) is 19.1 Å². The molecular weight excluding hydrogens is 167 g/mol. The molecule has 0 aliphatic heterocycles. The van der Waals surface area contributed by atoms with Crippen LogP contribution >= 0.6 is 0 Å². The van der Waals surface area contributed by atoms with Gasteiger partial charge in [0.25, 0.3) is 0 Å². The Balaban J connectivity index is 2.94. The van der Waals surface area contributed by atoms with Crippen molar-refractivity contribution < 1.29 is 9.50 Å². The molecule has 0 saturated carbocycles. The highest BCUT2D eigenvalue weighted by Crippen LogP contribution is 2.21. The summed E-state index contributed by atoms with van der Waals surface area (Å²) < 4.78 is 12.7. The number of benzene rings is 1. The van der Waals surface area contributed by atoms with Gasteiger partial charge in [0.1, 0.15) is 5.82 Å². The average molecular weight is 180 g/mol. The molecule has 0 amide bonds. The Morgan fingerprint density at radius 2 is 2.31 bits per heavy atom. The van der Waals surface area contributed by atoms with Crippen molar-refractivity contribution in [2.45, 2.75) is 19.4 Å². The van der Waals surface area contributed by atoms with Gasteiger partial charge in [0, 0.05) is 0 Å². The summed E-state index contributed by atoms with van der Waals surface area (Å²) >= 11 is 0. The van der Waals surface area contributed by atoms with E-state index in [1.165, 1.54) is 12.1 Å². The minimum absolute atomic E-state index is 0.271. The summed E-state index contributed by atoms with van der Waals surface area (Å²) in [5.74, 6) is -0.271. The van der Waals surface area contributed by atoms with Crippen molar-refractivity contribution in [1.82, 2.24) is 0 Å². The van der Waals surface area contributed by atoms with Crippen LogP contribution in [0.15, 0.2) is 30.9 Å². The lowest BCUT2D eigenvalue weighted by atomic mass is 10.0. The van der Waals surface area contributed by atoms with E-state index in [-0.39, 0.29) is 5.82 Å². The van der Waals surface area contributed by atoms with E-state index in [1.807, 2.05) is 0 Å². The van der Waals surface area contributed by atoms with E-state index in [2.05, 4.69) is 6.58 Å². The maximum atomic E-state index is 12.7. The molecule has 1 aromatic carbocycles. The first-order valence-corrected chi connectivity index (χ1v) is 4.20. The lowest BCUT2D eigenvalue weighted by Gasteiger charge is -2.11. The Morgan fingerprint density at radius 1 is 1.62 bits per heavy atom. The molecule has 0 bridgehead atoms. The molecule has 1 atom stereocenters. The standard InChI is InChI=1S/C11H13FO/c1-3-4-11(13)10-6-5-9(12)7-8(10)2/h3,5-7,11,13H,1,4H2,2H3/t11-/m1/s1. The molecule has 1 aromatic rings. The van der Waals surface area contributed by atoms with E-state index in [0.29, 0.717) is 6.42 Å². The first-order chi connectivity index (χ1) is 6.15. The summed E-state index contributed by atoms with van der Waals surface area (Å²) in [4.78, 5) is 0. The van der Waals surface area contributed by atoms with Crippen LogP contribution in [0.4, 0.5) is 4.39 Å². The van der Waals surface area contributed by atoms with Crippen molar-refractivity contribution >= 4 is 0 Å². The third-order valence-electron chi connectivity index (χ3n) is 1.98. The molecule has 1 rings (SSSR count). The SMILES string of the molecule is C=CC[C@@H](O)c1ccc(F)cc1C. The zero-order chi connectivity index (χ0) is 9.84. The van der Waals surface area contributed by atoms with Crippen molar-refractivity contribution in [3.05, 3.63) is 47.8 Å². The second kappa shape index (κ2) is 4.19. The van der Waals surface area contributed by atoms with Gasteiger partial charge in [0.2, 0.25) is 0 Å². The van der Waals surface area contributed by atoms with Gasteiger partial charge in [0.05, 0.1) is 6.10 Å². The van der Waals surface area contributed by atoms with Gasteiger partial charge in [-0.2, -0.15) is 0 Å². The number of aliphatic hydroxyl groups is 1. The van der Waals surface area contributed by atoms with E-state index in [0.717, 1.165) is 11.1 Å². The Labute approximate surface area is 77.5 Å². The molecule has 0 radical (unpaired) electrons. The van der Waals surface area contributed by atoms with Gasteiger partial charge in [-0.05, 0) is 36.6 Å². The number of hydrogen-bond acceptors (Lipinski definition) is 1. The van der Waals surface area contributed by atoms with E-state index in [4.69, 9.17) is 0 Å². The normalized spacial score (nSPS) is 12.5. The predicted octanol–water partition coefficient (Wildman–Crippen LogP) is 2.74. The fourth-order valence-corrected chi connectivity index (χ4v) is 1.30. The third-order valence-corrected chi connectivity index (χ3v) is 1.98. The van der Waals surface area contributed by atoms with Crippen LogP contribution in [0.5, 0.6) is 0 Å². The monoisotopic (exact) mass is 180 g/mol. The van der Waals surface area contributed by atoms with Crippen molar-refractivity contribution in [2.24, 2.45) is 0 Å². The number of aliphatic hydroxyl groups excluding tert-OH is 1. The molecule has 13 heavy (non-hydrogen) atoms. The molecule has 2 heteroatoms. The summed E-state index contributed by atoms with van der Waals surface area (Å²) in [6.45, 7) is 5.32. The first-order valence-electron chi connectivity index (χ1n) is 4.20. The lowest BCUT2D eigenvalue weighted by Crippen LogP contribution is -1.98. The molecule has 0 saturated heterocycles. The van der Waals surface area contributed by atoms with Gasteiger partial charge in [-0.3, -0.25) is 0 Å². The van der Waals surface area contributed by atoms with Gasteiger partial charge >= 0.3 is 0 Å². The van der Waals surface area contributed by atoms with Crippen LogP contribution in [-0.2, 0) is 0 Å². The van der Waals surface area contributed by atoms with Crippen molar-refractivity contribution in [1.29, 1.82) is 0 Å².